The second-order valence-electron chi connectivity index (χ2n) is 3.37. The van der Waals surface area contributed by atoms with E-state index >= 15 is 0 Å². The van der Waals surface area contributed by atoms with Crippen LogP contribution in [0.2, 0.25) is 8.67 Å². The molecule has 18 heavy (non-hydrogen) atoms. The highest BCUT2D eigenvalue weighted by Gasteiger charge is 2.60. The number of nitrogens with two attached hydrogens (primary N) is 1. The van der Waals surface area contributed by atoms with Gasteiger partial charge in [-0.2, -0.15) is 26.3 Å². The lowest BCUT2D eigenvalue weighted by Crippen LogP contribution is -2.43. The lowest BCUT2D eigenvalue weighted by molar-refractivity contribution is -0.290. The van der Waals surface area contributed by atoms with Gasteiger partial charge in [-0.25, -0.2) is 0 Å². The van der Waals surface area contributed by atoms with Crippen LogP contribution in [0.4, 0.5) is 26.3 Å². The first-order chi connectivity index (χ1) is 7.94. The van der Waals surface area contributed by atoms with Crippen LogP contribution in [0, 0.1) is 5.92 Å². The molecule has 0 aromatic carbocycles. The molecular weight excluding hydrogens is 327 g/mol. The van der Waals surface area contributed by atoms with Gasteiger partial charge in [-0.05, 0) is 6.07 Å². The molecule has 2 N–H and O–H groups in total. The highest BCUT2D eigenvalue weighted by Crippen LogP contribution is 2.48. The van der Waals surface area contributed by atoms with Gasteiger partial charge in [0.1, 0.15) is 0 Å². The SMILES string of the molecule is NC(c1cc(Cl)sc1Cl)C(C(F)(F)F)C(F)(F)F. The number of thiophene rings is 1. The van der Waals surface area contributed by atoms with E-state index < -0.39 is 29.9 Å². The Labute approximate surface area is 111 Å². The molecule has 0 fully saturated rings. The summed E-state index contributed by atoms with van der Waals surface area (Å²) in [6.45, 7) is 0. The van der Waals surface area contributed by atoms with Gasteiger partial charge >= 0.3 is 12.4 Å². The summed E-state index contributed by atoms with van der Waals surface area (Å²) in [4.78, 5) is 0. The van der Waals surface area contributed by atoms with E-state index in [-0.39, 0.29) is 8.67 Å². The van der Waals surface area contributed by atoms with Crippen LogP contribution in [0.25, 0.3) is 0 Å². The van der Waals surface area contributed by atoms with Crippen LogP contribution < -0.4 is 5.73 Å². The second kappa shape index (κ2) is 5.07. The first-order valence-corrected chi connectivity index (χ1v) is 5.85. The summed E-state index contributed by atoms with van der Waals surface area (Å²) in [5, 5.41) is 0. The number of alkyl halides is 6. The van der Waals surface area contributed by atoms with E-state index in [0.717, 1.165) is 6.07 Å². The Balaban J connectivity index is 3.19. The third kappa shape index (κ3) is 3.43. The van der Waals surface area contributed by atoms with Crippen molar-refractivity contribution in [1.82, 2.24) is 0 Å². The normalized spacial score (nSPS) is 15.2. The predicted octanol–water partition coefficient (Wildman–Crippen LogP) is 4.80. The Morgan fingerprint density at radius 3 is 1.78 bits per heavy atom. The molecule has 0 aliphatic carbocycles. The summed E-state index contributed by atoms with van der Waals surface area (Å²) in [5.74, 6) is -3.69. The van der Waals surface area contributed by atoms with Gasteiger partial charge in [-0.15, -0.1) is 11.3 Å². The van der Waals surface area contributed by atoms with E-state index in [2.05, 4.69) is 0 Å². The first kappa shape index (κ1) is 15.9. The quantitative estimate of drug-likeness (QED) is 0.774. The molecule has 1 rings (SSSR count). The first-order valence-electron chi connectivity index (χ1n) is 4.28. The van der Waals surface area contributed by atoms with E-state index in [1.165, 1.54) is 0 Å². The van der Waals surface area contributed by atoms with Gasteiger partial charge in [0, 0.05) is 5.56 Å². The highest BCUT2D eigenvalue weighted by atomic mass is 35.5. The van der Waals surface area contributed by atoms with E-state index in [9.17, 15) is 26.3 Å². The average Bonchev–Trinajstić information content (AvgIpc) is 2.39. The monoisotopic (exact) mass is 331 g/mol. The maximum atomic E-state index is 12.4. The zero-order chi connectivity index (χ0) is 14.3. The van der Waals surface area contributed by atoms with Crippen molar-refractivity contribution < 1.29 is 26.3 Å². The van der Waals surface area contributed by atoms with Crippen molar-refractivity contribution in [3.8, 4) is 0 Å². The van der Waals surface area contributed by atoms with E-state index in [0.29, 0.717) is 11.3 Å². The number of hydrogen-bond donors (Lipinski definition) is 1. The Morgan fingerprint density at radius 1 is 1.06 bits per heavy atom. The van der Waals surface area contributed by atoms with Crippen molar-refractivity contribution in [2.24, 2.45) is 11.7 Å². The van der Waals surface area contributed by atoms with Crippen molar-refractivity contribution in [2.75, 3.05) is 0 Å². The van der Waals surface area contributed by atoms with Crippen LogP contribution >= 0.6 is 34.5 Å². The topological polar surface area (TPSA) is 26.0 Å². The molecule has 10 heteroatoms. The lowest BCUT2D eigenvalue weighted by Gasteiger charge is -2.27. The van der Waals surface area contributed by atoms with Gasteiger partial charge in [0.05, 0.1) is 14.7 Å². The van der Waals surface area contributed by atoms with Crippen LogP contribution in [-0.2, 0) is 0 Å². The molecular formula is C8H5Cl2F6NS. The highest BCUT2D eigenvalue weighted by molar-refractivity contribution is 7.20. The largest absolute Gasteiger partial charge is 0.402 e. The third-order valence-electron chi connectivity index (χ3n) is 2.11. The number of hydrogen-bond acceptors (Lipinski definition) is 2. The molecule has 1 unspecified atom stereocenters. The molecule has 0 bridgehead atoms. The van der Waals surface area contributed by atoms with Crippen molar-refractivity contribution in [3.05, 3.63) is 20.3 Å². The predicted molar refractivity (Wildman–Crippen MR) is 56.9 cm³/mol. The molecule has 0 saturated heterocycles. The van der Waals surface area contributed by atoms with Gasteiger partial charge in [0.15, 0.2) is 5.92 Å². The van der Waals surface area contributed by atoms with Gasteiger partial charge in [0.25, 0.3) is 0 Å². The third-order valence-corrected chi connectivity index (χ3v) is 3.62. The zero-order valence-electron chi connectivity index (χ0n) is 8.24. The van der Waals surface area contributed by atoms with E-state index in [1.54, 1.807) is 0 Å². The maximum Gasteiger partial charge on any atom is 0.402 e. The molecule has 1 nitrogen and oxygen atoms in total. The molecule has 0 spiro atoms. The van der Waals surface area contributed by atoms with Crippen LogP contribution in [0.5, 0.6) is 0 Å². The van der Waals surface area contributed by atoms with Crippen molar-refractivity contribution in [1.29, 1.82) is 0 Å². The molecule has 0 saturated carbocycles. The van der Waals surface area contributed by atoms with Crippen LogP contribution in [0.15, 0.2) is 6.07 Å². The summed E-state index contributed by atoms with van der Waals surface area (Å²) >= 11 is 11.6. The fraction of sp³-hybridized carbons (Fsp3) is 0.500. The molecule has 1 aromatic rings. The van der Waals surface area contributed by atoms with Crippen molar-refractivity contribution >= 4 is 34.5 Å². The Kier molecular flexibility index (Phi) is 4.47. The molecule has 1 atom stereocenters. The summed E-state index contributed by atoms with van der Waals surface area (Å²) in [7, 11) is 0. The van der Waals surface area contributed by atoms with Crippen molar-refractivity contribution in [3.63, 3.8) is 0 Å². The minimum absolute atomic E-state index is 0.0338. The number of halogens is 8. The Bertz CT molecular complexity index is 412. The Hall–Kier alpha value is -0.180. The number of rotatable bonds is 2. The summed E-state index contributed by atoms with van der Waals surface area (Å²) in [6, 6.07) is -1.44. The lowest BCUT2D eigenvalue weighted by atomic mass is 9.94. The molecule has 0 aliphatic heterocycles. The van der Waals surface area contributed by atoms with E-state index in [4.69, 9.17) is 28.9 Å². The molecule has 0 amide bonds. The van der Waals surface area contributed by atoms with Crippen LogP contribution in [-0.4, -0.2) is 12.4 Å². The van der Waals surface area contributed by atoms with Gasteiger partial charge < -0.3 is 5.73 Å². The fourth-order valence-electron chi connectivity index (χ4n) is 1.35. The smallest absolute Gasteiger partial charge is 0.323 e. The average molecular weight is 332 g/mol. The summed E-state index contributed by atoms with van der Waals surface area (Å²) in [5.41, 5.74) is 4.58. The summed E-state index contributed by atoms with van der Waals surface area (Å²) < 4.78 is 74.2. The second-order valence-corrected chi connectivity index (χ2v) is 5.65. The van der Waals surface area contributed by atoms with Gasteiger partial charge in [-0.1, -0.05) is 23.2 Å². The minimum atomic E-state index is -5.52. The maximum absolute atomic E-state index is 12.4. The molecule has 1 aromatic heterocycles. The molecule has 0 aliphatic rings. The van der Waals surface area contributed by atoms with Crippen LogP contribution in [0.1, 0.15) is 11.6 Å². The van der Waals surface area contributed by atoms with Gasteiger partial charge in [-0.3, -0.25) is 0 Å². The Morgan fingerprint density at radius 2 is 1.50 bits per heavy atom. The molecule has 0 radical (unpaired) electrons. The van der Waals surface area contributed by atoms with E-state index in [1.807, 2.05) is 0 Å². The van der Waals surface area contributed by atoms with Crippen molar-refractivity contribution in [2.45, 2.75) is 18.4 Å². The zero-order valence-corrected chi connectivity index (χ0v) is 10.6. The standard InChI is InChI=1S/C8H5Cl2F6NS/c9-3-1-2(6(10)18-3)4(17)5(7(11,12)13)8(14,15)16/h1,4-5H,17H2. The summed E-state index contributed by atoms with van der Waals surface area (Å²) in [6.07, 6.45) is -11.0. The van der Waals surface area contributed by atoms with Gasteiger partial charge in [0.2, 0.25) is 0 Å². The molecule has 104 valence electrons. The van der Waals surface area contributed by atoms with Crippen LogP contribution in [0.3, 0.4) is 0 Å². The molecule has 1 heterocycles. The minimum Gasteiger partial charge on any atom is -0.323 e. The fourth-order valence-corrected chi connectivity index (χ4v) is 2.92.